The van der Waals surface area contributed by atoms with Gasteiger partial charge in [0, 0.05) is 21.4 Å². The monoisotopic (exact) mass is 342 g/mol. The molecule has 3 nitrogen and oxygen atoms in total. The molecule has 98 valence electrons. The van der Waals surface area contributed by atoms with E-state index >= 15 is 0 Å². The van der Waals surface area contributed by atoms with Gasteiger partial charge in [0.25, 0.3) is 5.91 Å². The summed E-state index contributed by atoms with van der Waals surface area (Å²) in [6.07, 6.45) is 0. The van der Waals surface area contributed by atoms with Gasteiger partial charge < -0.3 is 11.1 Å². The highest BCUT2D eigenvalue weighted by Crippen LogP contribution is 2.22. The van der Waals surface area contributed by atoms with Crippen LogP contribution in [0, 0.1) is 5.82 Å². The average molecular weight is 344 g/mol. The Balaban J connectivity index is 2.20. The van der Waals surface area contributed by atoms with Crippen molar-refractivity contribution in [3.63, 3.8) is 0 Å². The predicted octanol–water partition coefficient (Wildman–Crippen LogP) is 4.08. The molecule has 0 spiro atoms. The molecule has 19 heavy (non-hydrogen) atoms. The topological polar surface area (TPSA) is 55.1 Å². The maximum Gasteiger partial charge on any atom is 0.255 e. The molecule has 0 heterocycles. The molecule has 3 N–H and O–H groups in total. The molecule has 0 bridgehead atoms. The Morgan fingerprint density at radius 2 is 2.00 bits per heavy atom. The quantitative estimate of drug-likeness (QED) is 0.807. The lowest BCUT2D eigenvalue weighted by Crippen LogP contribution is -2.12. The van der Waals surface area contributed by atoms with E-state index in [1.807, 2.05) is 0 Å². The van der Waals surface area contributed by atoms with Crippen molar-refractivity contribution in [3.8, 4) is 0 Å². The molecule has 0 unspecified atom stereocenters. The Morgan fingerprint density at radius 3 is 2.63 bits per heavy atom. The third-order valence-corrected chi connectivity index (χ3v) is 3.42. The van der Waals surface area contributed by atoms with Gasteiger partial charge in [-0.1, -0.05) is 11.6 Å². The molecular formula is C13H9BrClFN2O. The number of hydrogen-bond donors (Lipinski definition) is 2. The second kappa shape index (κ2) is 5.59. The van der Waals surface area contributed by atoms with E-state index in [0.717, 1.165) is 0 Å². The number of nitrogens with two attached hydrogens (primary N) is 1. The van der Waals surface area contributed by atoms with E-state index in [-0.39, 0.29) is 10.9 Å². The summed E-state index contributed by atoms with van der Waals surface area (Å²) in [6.45, 7) is 0. The summed E-state index contributed by atoms with van der Waals surface area (Å²) in [5.41, 5.74) is 7.04. The van der Waals surface area contributed by atoms with Crippen molar-refractivity contribution in [1.82, 2.24) is 0 Å². The Bertz CT molecular complexity index is 649. The van der Waals surface area contributed by atoms with Crippen LogP contribution in [0.2, 0.25) is 5.02 Å². The largest absolute Gasteiger partial charge is 0.398 e. The molecule has 0 fully saturated rings. The van der Waals surface area contributed by atoms with E-state index in [0.29, 0.717) is 21.4 Å². The fourth-order valence-corrected chi connectivity index (χ4v) is 2.00. The first-order valence-electron chi connectivity index (χ1n) is 5.29. The Kier molecular flexibility index (Phi) is 4.07. The lowest BCUT2D eigenvalue weighted by Gasteiger charge is -2.07. The maximum absolute atomic E-state index is 13.0. The fraction of sp³-hybridized carbons (Fsp3) is 0. The van der Waals surface area contributed by atoms with Gasteiger partial charge in [0.15, 0.2) is 0 Å². The van der Waals surface area contributed by atoms with Gasteiger partial charge in [-0.25, -0.2) is 4.39 Å². The molecule has 6 heteroatoms. The van der Waals surface area contributed by atoms with Crippen LogP contribution in [0.1, 0.15) is 10.4 Å². The third kappa shape index (κ3) is 3.24. The van der Waals surface area contributed by atoms with Crippen LogP contribution in [-0.4, -0.2) is 5.91 Å². The highest BCUT2D eigenvalue weighted by Gasteiger charge is 2.09. The molecule has 1 amide bonds. The van der Waals surface area contributed by atoms with Crippen molar-refractivity contribution in [1.29, 1.82) is 0 Å². The van der Waals surface area contributed by atoms with E-state index in [4.69, 9.17) is 17.3 Å². The normalized spacial score (nSPS) is 10.3. The number of anilines is 2. The minimum Gasteiger partial charge on any atom is -0.398 e. The van der Waals surface area contributed by atoms with Gasteiger partial charge in [0.2, 0.25) is 0 Å². The minimum absolute atomic E-state index is 0.0451. The second-order valence-corrected chi connectivity index (χ2v) is 5.08. The average Bonchev–Trinajstić information content (AvgIpc) is 2.37. The third-order valence-electron chi connectivity index (χ3n) is 2.44. The molecule has 2 aromatic rings. The summed E-state index contributed by atoms with van der Waals surface area (Å²) in [4.78, 5) is 12.0. The highest BCUT2D eigenvalue weighted by molar-refractivity contribution is 9.10. The summed E-state index contributed by atoms with van der Waals surface area (Å²) in [6, 6.07) is 8.80. The first-order valence-corrected chi connectivity index (χ1v) is 6.46. The first-order chi connectivity index (χ1) is 8.97. The Hall–Kier alpha value is -1.59. The van der Waals surface area contributed by atoms with Gasteiger partial charge >= 0.3 is 0 Å². The van der Waals surface area contributed by atoms with Crippen molar-refractivity contribution in [2.45, 2.75) is 0 Å². The summed E-state index contributed by atoms with van der Waals surface area (Å²) < 4.78 is 13.6. The predicted molar refractivity (Wildman–Crippen MR) is 77.9 cm³/mol. The molecule has 2 rings (SSSR count). The lowest BCUT2D eigenvalue weighted by atomic mass is 10.2. The van der Waals surface area contributed by atoms with E-state index in [1.54, 1.807) is 18.2 Å². The molecule has 0 saturated heterocycles. The Morgan fingerprint density at radius 1 is 1.26 bits per heavy atom. The van der Waals surface area contributed by atoms with E-state index in [1.165, 1.54) is 18.2 Å². The number of amides is 1. The van der Waals surface area contributed by atoms with Crippen LogP contribution >= 0.6 is 27.5 Å². The van der Waals surface area contributed by atoms with E-state index in [2.05, 4.69) is 21.2 Å². The maximum atomic E-state index is 13.0. The van der Waals surface area contributed by atoms with Crippen LogP contribution in [0.25, 0.3) is 0 Å². The van der Waals surface area contributed by atoms with Crippen LogP contribution in [0.15, 0.2) is 40.9 Å². The number of carbonyl (C=O) groups excluding carboxylic acids is 1. The lowest BCUT2D eigenvalue weighted by molar-refractivity contribution is 0.102. The zero-order valence-corrected chi connectivity index (χ0v) is 11.9. The van der Waals surface area contributed by atoms with Gasteiger partial charge in [-0.2, -0.15) is 0 Å². The molecule has 0 radical (unpaired) electrons. The zero-order valence-electron chi connectivity index (χ0n) is 9.58. The molecular weight excluding hydrogens is 335 g/mol. The molecule has 0 aromatic heterocycles. The van der Waals surface area contributed by atoms with Gasteiger partial charge in [-0.15, -0.1) is 0 Å². The molecule has 2 aromatic carbocycles. The number of carbonyl (C=O) groups is 1. The molecule has 0 aliphatic heterocycles. The van der Waals surface area contributed by atoms with E-state index in [9.17, 15) is 9.18 Å². The number of nitrogen functional groups attached to an aromatic ring is 1. The van der Waals surface area contributed by atoms with Crippen molar-refractivity contribution >= 4 is 44.8 Å². The number of rotatable bonds is 2. The smallest absolute Gasteiger partial charge is 0.255 e. The van der Waals surface area contributed by atoms with E-state index < -0.39 is 5.82 Å². The number of nitrogens with one attached hydrogen (secondary N) is 1. The van der Waals surface area contributed by atoms with Crippen molar-refractivity contribution < 1.29 is 9.18 Å². The second-order valence-electron chi connectivity index (χ2n) is 3.82. The number of benzene rings is 2. The highest BCUT2D eigenvalue weighted by atomic mass is 79.9. The standard InChI is InChI=1S/C13H9BrClFN2O/c14-9-5-7(1-4-12(9)17)13(19)18-8-2-3-11(16)10(15)6-8/h1-6H,17H2,(H,18,19). The Labute approximate surface area is 122 Å². The van der Waals surface area contributed by atoms with Crippen molar-refractivity contribution in [3.05, 3.63) is 57.3 Å². The van der Waals surface area contributed by atoms with Crippen LogP contribution in [-0.2, 0) is 0 Å². The van der Waals surface area contributed by atoms with Crippen LogP contribution in [0.4, 0.5) is 15.8 Å². The minimum atomic E-state index is -0.533. The van der Waals surface area contributed by atoms with Crippen molar-refractivity contribution in [2.75, 3.05) is 11.1 Å². The zero-order chi connectivity index (χ0) is 14.0. The van der Waals surface area contributed by atoms with Gasteiger partial charge in [0.05, 0.1) is 5.02 Å². The van der Waals surface area contributed by atoms with Gasteiger partial charge in [0.1, 0.15) is 5.82 Å². The van der Waals surface area contributed by atoms with Gasteiger partial charge in [-0.3, -0.25) is 4.79 Å². The SMILES string of the molecule is Nc1ccc(C(=O)Nc2ccc(F)c(Cl)c2)cc1Br. The molecule has 0 aliphatic carbocycles. The fourth-order valence-electron chi connectivity index (χ4n) is 1.45. The summed E-state index contributed by atoms with van der Waals surface area (Å²) in [5.74, 6) is -0.863. The van der Waals surface area contributed by atoms with Crippen LogP contribution < -0.4 is 11.1 Å². The summed E-state index contributed by atoms with van der Waals surface area (Å²) >= 11 is 8.88. The first kappa shape index (κ1) is 13.8. The molecule has 0 atom stereocenters. The summed E-state index contributed by atoms with van der Waals surface area (Å²) in [5, 5.41) is 2.58. The van der Waals surface area contributed by atoms with Crippen LogP contribution in [0.5, 0.6) is 0 Å². The van der Waals surface area contributed by atoms with Gasteiger partial charge in [-0.05, 0) is 52.3 Å². The van der Waals surface area contributed by atoms with Crippen molar-refractivity contribution in [2.24, 2.45) is 0 Å². The number of halogens is 3. The molecule has 0 aliphatic rings. The number of hydrogen-bond acceptors (Lipinski definition) is 2. The van der Waals surface area contributed by atoms with Crippen LogP contribution in [0.3, 0.4) is 0 Å². The molecule has 0 saturated carbocycles. The summed E-state index contributed by atoms with van der Waals surface area (Å²) in [7, 11) is 0.